The zero-order valence-electron chi connectivity index (χ0n) is 14.8. The van der Waals surface area contributed by atoms with Gasteiger partial charge in [-0.1, -0.05) is 35.9 Å². The third kappa shape index (κ3) is 3.86. The van der Waals surface area contributed by atoms with Crippen molar-refractivity contribution in [2.24, 2.45) is 0 Å². The van der Waals surface area contributed by atoms with Crippen molar-refractivity contribution in [3.05, 3.63) is 41.4 Å². The topological polar surface area (TPSA) is 35.6 Å². The maximum absolute atomic E-state index is 12.7. The maximum Gasteiger partial charge on any atom is 0.232 e. The van der Waals surface area contributed by atoms with E-state index in [0.29, 0.717) is 11.8 Å². The minimum Gasteiger partial charge on any atom is -0.340 e. The Hall–Kier alpha value is -1.27. The number of piperazine rings is 1. The molecule has 2 aliphatic heterocycles. The molecule has 1 atom stereocenters. The molecule has 0 spiro atoms. The van der Waals surface area contributed by atoms with E-state index in [1.54, 1.807) is 11.8 Å². The summed E-state index contributed by atoms with van der Waals surface area (Å²) >= 11 is 7.99. The van der Waals surface area contributed by atoms with Gasteiger partial charge in [0.2, 0.25) is 5.91 Å². The normalized spacial score (nSPS) is 21.4. The summed E-state index contributed by atoms with van der Waals surface area (Å²) in [4.78, 5) is 18.4. The molecule has 138 valence electrons. The fourth-order valence-corrected chi connectivity index (χ4v) is 5.28. The number of rotatable bonds is 4. The first-order chi connectivity index (χ1) is 12.7. The van der Waals surface area contributed by atoms with E-state index < -0.39 is 0 Å². The molecule has 26 heavy (non-hydrogen) atoms. The summed E-state index contributed by atoms with van der Waals surface area (Å²) < 4.78 is 0. The third-order valence-electron chi connectivity index (χ3n) is 5.35. The lowest BCUT2D eigenvalue weighted by Gasteiger charge is -2.32. The number of fused-ring (bicyclic) bond motifs is 1. The van der Waals surface area contributed by atoms with E-state index >= 15 is 0 Å². The van der Waals surface area contributed by atoms with Gasteiger partial charge in [-0.2, -0.15) is 0 Å². The molecule has 6 heteroatoms. The molecule has 0 aliphatic carbocycles. The zero-order valence-corrected chi connectivity index (χ0v) is 16.4. The monoisotopic (exact) mass is 389 g/mol. The number of carbonyl (C=O) groups excluding carboxylic acids is 1. The smallest absolute Gasteiger partial charge is 0.232 e. The number of thioether (sulfide) groups is 1. The number of hydrogen-bond acceptors (Lipinski definition) is 4. The molecule has 4 rings (SSSR count). The first kappa shape index (κ1) is 18.1. The Morgan fingerprint density at radius 2 is 1.92 bits per heavy atom. The van der Waals surface area contributed by atoms with Gasteiger partial charge in [-0.05, 0) is 23.9 Å². The van der Waals surface area contributed by atoms with Crippen molar-refractivity contribution in [3.8, 4) is 0 Å². The lowest BCUT2D eigenvalue weighted by atomic mass is 10.1. The first-order valence-corrected chi connectivity index (χ1v) is 10.6. The number of nitrogens with zero attached hydrogens (tertiary/aromatic N) is 2. The molecule has 2 aromatic rings. The van der Waals surface area contributed by atoms with Gasteiger partial charge in [-0.3, -0.25) is 9.69 Å². The van der Waals surface area contributed by atoms with Crippen LogP contribution in [0.3, 0.4) is 0 Å². The van der Waals surface area contributed by atoms with E-state index in [-0.39, 0.29) is 5.91 Å². The lowest BCUT2D eigenvalue weighted by Crippen LogP contribution is -2.49. The van der Waals surface area contributed by atoms with Crippen LogP contribution in [-0.4, -0.2) is 66.8 Å². The quantitative estimate of drug-likeness (QED) is 0.815. The van der Waals surface area contributed by atoms with Gasteiger partial charge >= 0.3 is 0 Å². The molecular weight excluding hydrogens is 366 g/mol. The van der Waals surface area contributed by atoms with Gasteiger partial charge in [0.15, 0.2) is 0 Å². The maximum atomic E-state index is 12.7. The standard InChI is InChI=1S/C20H24ClN3OS/c21-17-5-1-3-15-4-2-6-18(20(15)17)26-14-19(25)24-10-7-16(13-24)23-11-8-22-9-12-23/h1-6,16,22H,7-14H2. The molecular formula is C20H24ClN3OS. The summed E-state index contributed by atoms with van der Waals surface area (Å²) in [6.45, 7) is 6.05. The highest BCUT2D eigenvalue weighted by Gasteiger charge is 2.30. The van der Waals surface area contributed by atoms with Crippen LogP contribution in [-0.2, 0) is 4.79 Å². The molecule has 2 saturated heterocycles. The minimum atomic E-state index is 0.233. The van der Waals surface area contributed by atoms with Crippen LogP contribution in [0.15, 0.2) is 41.3 Å². The number of halogens is 1. The molecule has 1 amide bonds. The molecule has 0 aromatic heterocycles. The van der Waals surface area contributed by atoms with Crippen molar-refractivity contribution in [2.75, 3.05) is 45.0 Å². The summed E-state index contributed by atoms with van der Waals surface area (Å²) in [5.74, 6) is 0.704. The second-order valence-electron chi connectivity index (χ2n) is 6.95. The number of likely N-dealkylation sites (tertiary alicyclic amines) is 1. The molecule has 2 heterocycles. The van der Waals surface area contributed by atoms with Crippen molar-refractivity contribution < 1.29 is 4.79 Å². The zero-order chi connectivity index (χ0) is 17.9. The van der Waals surface area contributed by atoms with E-state index in [2.05, 4.69) is 28.4 Å². The Morgan fingerprint density at radius 3 is 2.73 bits per heavy atom. The summed E-state index contributed by atoms with van der Waals surface area (Å²) in [6.07, 6.45) is 1.09. The van der Waals surface area contributed by atoms with Crippen LogP contribution in [0.2, 0.25) is 5.02 Å². The van der Waals surface area contributed by atoms with Crippen molar-refractivity contribution >= 4 is 40.0 Å². The van der Waals surface area contributed by atoms with Gasteiger partial charge in [0.25, 0.3) is 0 Å². The Bertz CT molecular complexity index is 788. The number of benzene rings is 2. The van der Waals surface area contributed by atoms with E-state index in [9.17, 15) is 4.79 Å². The van der Waals surface area contributed by atoms with Crippen molar-refractivity contribution in [3.63, 3.8) is 0 Å². The lowest BCUT2D eigenvalue weighted by molar-refractivity contribution is -0.127. The summed E-state index contributed by atoms with van der Waals surface area (Å²) in [5, 5.41) is 6.31. The fourth-order valence-electron chi connectivity index (χ4n) is 3.93. The number of carbonyl (C=O) groups is 1. The van der Waals surface area contributed by atoms with Gasteiger partial charge in [0.05, 0.1) is 5.75 Å². The summed E-state index contributed by atoms with van der Waals surface area (Å²) in [5.41, 5.74) is 0. The van der Waals surface area contributed by atoms with Crippen LogP contribution in [0.5, 0.6) is 0 Å². The Morgan fingerprint density at radius 1 is 1.15 bits per heavy atom. The molecule has 1 N–H and O–H groups in total. The number of nitrogens with one attached hydrogen (secondary N) is 1. The summed E-state index contributed by atoms with van der Waals surface area (Å²) in [7, 11) is 0. The second-order valence-corrected chi connectivity index (χ2v) is 8.38. The third-order valence-corrected chi connectivity index (χ3v) is 6.71. The van der Waals surface area contributed by atoms with Gasteiger partial charge in [0, 0.05) is 60.6 Å². The van der Waals surface area contributed by atoms with Crippen LogP contribution in [0.1, 0.15) is 6.42 Å². The van der Waals surface area contributed by atoms with Gasteiger partial charge < -0.3 is 10.2 Å². The first-order valence-electron chi connectivity index (χ1n) is 9.25. The van der Waals surface area contributed by atoms with Crippen LogP contribution in [0, 0.1) is 0 Å². The Balaban J connectivity index is 1.37. The predicted octanol–water partition coefficient (Wildman–Crippen LogP) is 3.09. The SMILES string of the molecule is O=C(CSc1cccc2cccc(Cl)c12)N1CCC(N2CCNCC2)C1. The molecule has 2 aliphatic rings. The fraction of sp³-hybridized carbons (Fsp3) is 0.450. The van der Waals surface area contributed by atoms with Crippen LogP contribution < -0.4 is 5.32 Å². The average molecular weight is 390 g/mol. The van der Waals surface area contributed by atoms with Gasteiger partial charge in [-0.15, -0.1) is 11.8 Å². The second kappa shape index (κ2) is 8.17. The van der Waals surface area contributed by atoms with E-state index in [1.165, 1.54) is 0 Å². The summed E-state index contributed by atoms with van der Waals surface area (Å²) in [6, 6.07) is 12.6. The van der Waals surface area contributed by atoms with Crippen LogP contribution in [0.25, 0.3) is 10.8 Å². The van der Waals surface area contributed by atoms with Gasteiger partial charge in [0.1, 0.15) is 0 Å². The molecule has 1 unspecified atom stereocenters. The molecule has 0 saturated carbocycles. The molecule has 2 fully saturated rings. The van der Waals surface area contributed by atoms with E-state index in [1.807, 2.05) is 23.1 Å². The highest BCUT2D eigenvalue weighted by Crippen LogP contribution is 2.33. The Kier molecular flexibility index (Phi) is 5.69. The molecule has 0 radical (unpaired) electrons. The number of hydrogen-bond donors (Lipinski definition) is 1. The van der Waals surface area contributed by atoms with Crippen LogP contribution in [0.4, 0.5) is 0 Å². The average Bonchev–Trinajstić information content (AvgIpc) is 3.17. The van der Waals surface area contributed by atoms with Crippen molar-refractivity contribution in [2.45, 2.75) is 17.4 Å². The molecule has 0 bridgehead atoms. The Labute approximate surface area is 163 Å². The molecule has 4 nitrogen and oxygen atoms in total. The minimum absolute atomic E-state index is 0.233. The van der Waals surface area contributed by atoms with Crippen LogP contribution >= 0.6 is 23.4 Å². The highest BCUT2D eigenvalue weighted by molar-refractivity contribution is 8.00. The van der Waals surface area contributed by atoms with E-state index in [0.717, 1.165) is 66.4 Å². The largest absolute Gasteiger partial charge is 0.340 e. The van der Waals surface area contributed by atoms with E-state index in [4.69, 9.17) is 11.6 Å². The molecule has 2 aromatic carbocycles. The van der Waals surface area contributed by atoms with Crippen molar-refractivity contribution in [1.29, 1.82) is 0 Å². The van der Waals surface area contributed by atoms with Crippen molar-refractivity contribution in [1.82, 2.24) is 15.1 Å². The van der Waals surface area contributed by atoms with Gasteiger partial charge in [-0.25, -0.2) is 0 Å². The highest BCUT2D eigenvalue weighted by atomic mass is 35.5. The predicted molar refractivity (Wildman–Crippen MR) is 109 cm³/mol. The number of amides is 1.